The zero-order chi connectivity index (χ0) is 12.2. The van der Waals surface area contributed by atoms with Gasteiger partial charge in [0, 0.05) is 12.1 Å². The van der Waals surface area contributed by atoms with E-state index < -0.39 is 17.9 Å². The predicted octanol–water partition coefficient (Wildman–Crippen LogP) is -0.788. The number of benzene rings is 1. The van der Waals surface area contributed by atoms with Crippen molar-refractivity contribution in [1.29, 1.82) is 0 Å². The number of carbonyl (C=O) groups is 1. The monoisotopic (exact) mass is 236 g/mol. The predicted molar refractivity (Wildman–Crippen MR) is 58.2 cm³/mol. The summed E-state index contributed by atoms with van der Waals surface area (Å²) in [6, 6.07) is 4.24. The summed E-state index contributed by atoms with van der Waals surface area (Å²) in [5.41, 5.74) is -0.924. The third-order valence-electron chi connectivity index (χ3n) is 3.28. The molecule has 1 fully saturated rings. The van der Waals surface area contributed by atoms with Crippen LogP contribution in [-0.2, 0) is 10.4 Å². The van der Waals surface area contributed by atoms with Gasteiger partial charge < -0.3 is 26.0 Å². The van der Waals surface area contributed by atoms with E-state index in [0.29, 0.717) is 5.69 Å². The van der Waals surface area contributed by atoms with E-state index in [1.165, 1.54) is 6.07 Å². The number of hydrogen-bond donors (Lipinski definition) is 5. The molecule has 1 amide bonds. The quantitative estimate of drug-likeness (QED) is 0.432. The Balaban J connectivity index is 2.02. The van der Waals surface area contributed by atoms with Crippen molar-refractivity contribution in [2.45, 2.75) is 24.3 Å². The lowest BCUT2D eigenvalue weighted by Gasteiger charge is -2.26. The van der Waals surface area contributed by atoms with Crippen molar-refractivity contribution in [3.8, 4) is 5.75 Å². The van der Waals surface area contributed by atoms with Gasteiger partial charge in [0.2, 0.25) is 5.91 Å². The molecule has 2 aliphatic heterocycles. The highest BCUT2D eigenvalue weighted by Gasteiger charge is 2.52. The fourth-order valence-corrected chi connectivity index (χ4v) is 2.32. The SMILES string of the molecule is O=C1NC1CC1(O)c2c(O)cccc2NC1O. The van der Waals surface area contributed by atoms with Crippen molar-refractivity contribution in [2.75, 3.05) is 5.32 Å². The second-order valence-corrected chi connectivity index (χ2v) is 4.44. The molecule has 0 bridgehead atoms. The number of nitrogens with one attached hydrogen (secondary N) is 2. The Kier molecular flexibility index (Phi) is 1.90. The normalized spacial score (nSPS) is 33.9. The highest BCUT2D eigenvalue weighted by Crippen LogP contribution is 2.46. The first-order valence-electron chi connectivity index (χ1n) is 5.32. The average Bonchev–Trinajstić information content (AvgIpc) is 2.86. The van der Waals surface area contributed by atoms with Crippen LogP contribution in [-0.4, -0.2) is 33.5 Å². The van der Waals surface area contributed by atoms with Gasteiger partial charge in [-0.05, 0) is 12.1 Å². The fourth-order valence-electron chi connectivity index (χ4n) is 2.32. The van der Waals surface area contributed by atoms with E-state index in [1.54, 1.807) is 12.1 Å². The van der Waals surface area contributed by atoms with Crippen LogP contribution in [0.5, 0.6) is 5.75 Å². The summed E-state index contributed by atoms with van der Waals surface area (Å²) < 4.78 is 0. The minimum Gasteiger partial charge on any atom is -0.507 e. The zero-order valence-corrected chi connectivity index (χ0v) is 8.84. The molecule has 17 heavy (non-hydrogen) atoms. The molecule has 1 saturated heterocycles. The molecule has 3 atom stereocenters. The molecule has 0 aromatic heterocycles. The van der Waals surface area contributed by atoms with Gasteiger partial charge in [0.1, 0.15) is 17.4 Å². The van der Waals surface area contributed by atoms with Gasteiger partial charge in [0.25, 0.3) is 0 Å². The summed E-state index contributed by atoms with van der Waals surface area (Å²) in [6.45, 7) is 0. The van der Waals surface area contributed by atoms with Crippen molar-refractivity contribution < 1.29 is 20.1 Å². The van der Waals surface area contributed by atoms with E-state index >= 15 is 0 Å². The molecular formula is C11H12N2O4. The summed E-state index contributed by atoms with van der Waals surface area (Å²) >= 11 is 0. The number of amides is 1. The van der Waals surface area contributed by atoms with Crippen LogP contribution in [0.3, 0.4) is 0 Å². The molecular weight excluding hydrogens is 224 g/mol. The number of rotatable bonds is 2. The van der Waals surface area contributed by atoms with Gasteiger partial charge in [-0.1, -0.05) is 6.07 Å². The summed E-state index contributed by atoms with van der Waals surface area (Å²) in [6.07, 6.45) is -1.20. The molecule has 6 heteroatoms. The number of phenolic OH excluding ortho intramolecular Hbond substituents is 1. The van der Waals surface area contributed by atoms with Crippen molar-refractivity contribution >= 4 is 11.6 Å². The summed E-state index contributed by atoms with van der Waals surface area (Å²) in [5.74, 6) is -0.253. The van der Waals surface area contributed by atoms with Crippen LogP contribution >= 0.6 is 0 Å². The Labute approximate surface area is 96.9 Å². The first-order chi connectivity index (χ1) is 8.02. The van der Waals surface area contributed by atoms with Gasteiger partial charge in [0.05, 0.1) is 5.56 Å². The Bertz CT molecular complexity index is 504. The van der Waals surface area contributed by atoms with E-state index in [9.17, 15) is 20.1 Å². The van der Waals surface area contributed by atoms with E-state index in [1.807, 2.05) is 0 Å². The molecule has 90 valence electrons. The van der Waals surface area contributed by atoms with E-state index in [0.717, 1.165) is 0 Å². The smallest absolute Gasteiger partial charge is 0.243 e. The molecule has 6 nitrogen and oxygen atoms in total. The lowest BCUT2D eigenvalue weighted by Crippen LogP contribution is -2.40. The second-order valence-electron chi connectivity index (χ2n) is 4.44. The van der Waals surface area contributed by atoms with Gasteiger partial charge in [0.15, 0.2) is 6.23 Å². The molecule has 2 aliphatic rings. The number of fused-ring (bicyclic) bond motifs is 1. The lowest BCUT2D eigenvalue weighted by atomic mass is 9.89. The molecule has 2 heterocycles. The Morgan fingerprint density at radius 3 is 2.71 bits per heavy atom. The molecule has 3 rings (SSSR count). The number of hydrogen-bond acceptors (Lipinski definition) is 5. The van der Waals surface area contributed by atoms with E-state index in [2.05, 4.69) is 10.6 Å². The minimum absolute atomic E-state index is 0.0323. The largest absolute Gasteiger partial charge is 0.507 e. The highest BCUT2D eigenvalue weighted by molar-refractivity contribution is 5.96. The van der Waals surface area contributed by atoms with Gasteiger partial charge in [-0.15, -0.1) is 0 Å². The third kappa shape index (κ3) is 1.38. The number of anilines is 1. The Morgan fingerprint density at radius 1 is 1.35 bits per heavy atom. The van der Waals surface area contributed by atoms with Gasteiger partial charge in [-0.2, -0.15) is 0 Å². The molecule has 1 aromatic rings. The number of aliphatic hydroxyl groups excluding tert-OH is 1. The third-order valence-corrected chi connectivity index (χ3v) is 3.28. The van der Waals surface area contributed by atoms with Crippen LogP contribution in [0.4, 0.5) is 5.69 Å². The zero-order valence-electron chi connectivity index (χ0n) is 8.84. The molecule has 0 radical (unpaired) electrons. The average molecular weight is 236 g/mol. The van der Waals surface area contributed by atoms with E-state index in [4.69, 9.17) is 0 Å². The first kappa shape index (κ1) is 10.4. The maximum atomic E-state index is 10.9. The van der Waals surface area contributed by atoms with Gasteiger partial charge >= 0.3 is 0 Å². The number of aliphatic hydroxyl groups is 2. The molecule has 5 N–H and O–H groups in total. The van der Waals surface area contributed by atoms with Crippen molar-refractivity contribution in [3.05, 3.63) is 23.8 Å². The lowest BCUT2D eigenvalue weighted by molar-refractivity contribution is -0.112. The maximum absolute atomic E-state index is 10.9. The minimum atomic E-state index is -1.65. The fraction of sp³-hybridized carbons (Fsp3) is 0.364. The molecule has 3 unspecified atom stereocenters. The van der Waals surface area contributed by atoms with Crippen LogP contribution in [0.25, 0.3) is 0 Å². The number of carbonyl (C=O) groups excluding carboxylic acids is 1. The highest BCUT2D eigenvalue weighted by atomic mass is 16.4. The molecule has 0 saturated carbocycles. The van der Waals surface area contributed by atoms with Crippen molar-refractivity contribution in [1.82, 2.24) is 5.32 Å². The summed E-state index contributed by atoms with van der Waals surface area (Å²) in [7, 11) is 0. The summed E-state index contributed by atoms with van der Waals surface area (Å²) in [4.78, 5) is 10.9. The molecule has 0 spiro atoms. The standard InChI is InChI=1S/C11H12N2O4/c14-7-3-1-2-5-8(7)11(17,10(16)13-5)4-6-9(15)12-6/h1-3,6,10,13-14,16-17H,4H2,(H,12,15). The maximum Gasteiger partial charge on any atom is 0.243 e. The summed E-state index contributed by atoms with van der Waals surface area (Å²) in [5, 5.41) is 35.3. The van der Waals surface area contributed by atoms with Crippen molar-refractivity contribution in [3.63, 3.8) is 0 Å². The van der Waals surface area contributed by atoms with Gasteiger partial charge in [-0.25, -0.2) is 0 Å². The second kappa shape index (κ2) is 3.12. The Morgan fingerprint density at radius 2 is 2.06 bits per heavy atom. The molecule has 1 aromatic carbocycles. The van der Waals surface area contributed by atoms with Crippen LogP contribution in [0.2, 0.25) is 0 Å². The topological polar surface area (TPSA) is 112 Å². The Hall–Kier alpha value is -1.79. The van der Waals surface area contributed by atoms with Crippen molar-refractivity contribution in [2.24, 2.45) is 0 Å². The van der Waals surface area contributed by atoms with Crippen LogP contribution < -0.4 is 10.6 Å². The molecule has 0 aliphatic carbocycles. The van der Waals surface area contributed by atoms with Crippen LogP contribution in [0.15, 0.2) is 18.2 Å². The van der Waals surface area contributed by atoms with Crippen LogP contribution in [0, 0.1) is 0 Å². The van der Waals surface area contributed by atoms with E-state index in [-0.39, 0.29) is 23.6 Å². The first-order valence-corrected chi connectivity index (χ1v) is 5.32. The number of phenols is 1. The van der Waals surface area contributed by atoms with Gasteiger partial charge in [-0.3, -0.25) is 4.79 Å². The number of aromatic hydroxyl groups is 1. The van der Waals surface area contributed by atoms with Crippen LogP contribution in [0.1, 0.15) is 12.0 Å².